The van der Waals surface area contributed by atoms with Gasteiger partial charge in [0.2, 0.25) is 10.0 Å². The Bertz CT molecular complexity index is 489. The van der Waals surface area contributed by atoms with Crippen molar-refractivity contribution in [1.29, 1.82) is 0 Å². The van der Waals surface area contributed by atoms with Crippen LogP contribution in [0.2, 0.25) is 0 Å². The normalized spacial score (nSPS) is 17.9. The highest BCUT2D eigenvalue weighted by molar-refractivity contribution is 7.89. The first kappa shape index (κ1) is 14.3. The number of hydrogen-bond donors (Lipinski definition) is 2. The molecule has 1 aromatic carbocycles. The molecule has 0 atom stereocenters. The van der Waals surface area contributed by atoms with Crippen molar-refractivity contribution < 1.29 is 8.42 Å². The zero-order valence-corrected chi connectivity index (χ0v) is 12.2. The molecule has 106 valence electrons. The van der Waals surface area contributed by atoms with E-state index >= 15 is 0 Å². The van der Waals surface area contributed by atoms with Crippen LogP contribution in [-0.4, -0.2) is 21.5 Å². The van der Waals surface area contributed by atoms with Gasteiger partial charge in [-0.25, -0.2) is 13.1 Å². The second kappa shape index (κ2) is 6.39. The van der Waals surface area contributed by atoms with Crippen molar-refractivity contribution in [3.63, 3.8) is 0 Å². The Morgan fingerprint density at radius 2 is 1.58 bits per heavy atom. The molecule has 0 heterocycles. The highest BCUT2D eigenvalue weighted by Crippen LogP contribution is 2.22. The summed E-state index contributed by atoms with van der Waals surface area (Å²) in [5.41, 5.74) is 1.00. The average Bonchev–Trinajstić information content (AvgIpc) is 2.68. The SMILES string of the molecule is CNS(=O)(=O)c1ccc(NC2CCCCCC2)cc1. The Balaban J connectivity index is 2.02. The minimum atomic E-state index is -3.33. The molecule has 4 nitrogen and oxygen atoms in total. The monoisotopic (exact) mass is 282 g/mol. The number of sulfonamides is 1. The summed E-state index contributed by atoms with van der Waals surface area (Å²) in [5, 5.41) is 3.50. The molecular formula is C14H22N2O2S. The van der Waals surface area contributed by atoms with Crippen molar-refractivity contribution in [2.75, 3.05) is 12.4 Å². The van der Waals surface area contributed by atoms with Gasteiger partial charge in [-0.2, -0.15) is 0 Å². The summed E-state index contributed by atoms with van der Waals surface area (Å²) in [6, 6.07) is 7.49. The molecule has 2 rings (SSSR count). The largest absolute Gasteiger partial charge is 0.382 e. The second-order valence-electron chi connectivity index (χ2n) is 5.06. The molecular weight excluding hydrogens is 260 g/mol. The number of benzene rings is 1. The lowest BCUT2D eigenvalue weighted by Gasteiger charge is -2.17. The predicted molar refractivity (Wildman–Crippen MR) is 77.8 cm³/mol. The number of hydrogen-bond acceptors (Lipinski definition) is 3. The van der Waals surface area contributed by atoms with Gasteiger partial charge in [0.1, 0.15) is 0 Å². The van der Waals surface area contributed by atoms with Crippen molar-refractivity contribution in [1.82, 2.24) is 4.72 Å². The third-order valence-corrected chi connectivity index (χ3v) is 5.09. The van der Waals surface area contributed by atoms with E-state index in [-0.39, 0.29) is 0 Å². The van der Waals surface area contributed by atoms with Gasteiger partial charge in [-0.1, -0.05) is 25.7 Å². The molecule has 19 heavy (non-hydrogen) atoms. The molecule has 0 bridgehead atoms. The van der Waals surface area contributed by atoms with Gasteiger partial charge < -0.3 is 5.32 Å². The van der Waals surface area contributed by atoms with Crippen LogP contribution in [0.3, 0.4) is 0 Å². The molecule has 0 unspecified atom stereocenters. The zero-order chi connectivity index (χ0) is 13.7. The van der Waals surface area contributed by atoms with E-state index in [1.165, 1.54) is 45.6 Å². The first-order valence-corrected chi connectivity index (χ1v) is 8.40. The second-order valence-corrected chi connectivity index (χ2v) is 6.95. The Labute approximate surface area is 115 Å². The molecule has 5 heteroatoms. The van der Waals surface area contributed by atoms with Crippen LogP contribution in [0.4, 0.5) is 5.69 Å². The van der Waals surface area contributed by atoms with E-state index in [2.05, 4.69) is 10.0 Å². The third kappa shape index (κ3) is 3.94. The fraction of sp³-hybridized carbons (Fsp3) is 0.571. The third-order valence-electron chi connectivity index (χ3n) is 3.66. The first-order chi connectivity index (χ1) is 9.12. The Morgan fingerprint density at radius 3 is 2.11 bits per heavy atom. The van der Waals surface area contributed by atoms with Crippen molar-refractivity contribution in [3.8, 4) is 0 Å². The first-order valence-electron chi connectivity index (χ1n) is 6.92. The van der Waals surface area contributed by atoms with Gasteiger partial charge in [-0.15, -0.1) is 0 Å². The summed E-state index contributed by atoms with van der Waals surface area (Å²) in [5.74, 6) is 0. The Kier molecular flexibility index (Phi) is 4.82. The van der Waals surface area contributed by atoms with Crippen LogP contribution in [0.15, 0.2) is 29.2 Å². The van der Waals surface area contributed by atoms with E-state index in [4.69, 9.17) is 0 Å². The van der Waals surface area contributed by atoms with Crippen LogP contribution in [0.25, 0.3) is 0 Å². The van der Waals surface area contributed by atoms with Crippen LogP contribution >= 0.6 is 0 Å². The molecule has 0 aliphatic heterocycles. The summed E-state index contributed by atoms with van der Waals surface area (Å²) >= 11 is 0. The van der Waals surface area contributed by atoms with Gasteiger partial charge in [0.15, 0.2) is 0 Å². The van der Waals surface area contributed by atoms with Gasteiger partial charge in [0.05, 0.1) is 4.90 Å². The van der Waals surface area contributed by atoms with Crippen LogP contribution in [0.5, 0.6) is 0 Å². The maximum absolute atomic E-state index is 11.6. The topological polar surface area (TPSA) is 58.2 Å². The highest BCUT2D eigenvalue weighted by Gasteiger charge is 2.13. The molecule has 1 aromatic rings. The van der Waals surface area contributed by atoms with Crippen LogP contribution in [0.1, 0.15) is 38.5 Å². The highest BCUT2D eigenvalue weighted by atomic mass is 32.2. The molecule has 1 fully saturated rings. The van der Waals surface area contributed by atoms with E-state index in [0.717, 1.165) is 5.69 Å². The van der Waals surface area contributed by atoms with Crippen LogP contribution in [0, 0.1) is 0 Å². The van der Waals surface area contributed by atoms with Gasteiger partial charge in [-0.3, -0.25) is 0 Å². The van der Waals surface area contributed by atoms with Gasteiger partial charge in [-0.05, 0) is 44.2 Å². The molecule has 1 saturated carbocycles. The fourth-order valence-corrected chi connectivity index (χ4v) is 3.24. The summed E-state index contributed by atoms with van der Waals surface area (Å²) < 4.78 is 25.6. The lowest BCUT2D eigenvalue weighted by molar-refractivity contribution is 0.588. The number of anilines is 1. The summed E-state index contributed by atoms with van der Waals surface area (Å²) in [6.45, 7) is 0. The number of nitrogens with one attached hydrogen (secondary N) is 2. The van der Waals surface area contributed by atoms with Crippen LogP contribution < -0.4 is 10.0 Å². The molecule has 1 aliphatic carbocycles. The maximum Gasteiger partial charge on any atom is 0.240 e. The fourth-order valence-electron chi connectivity index (χ4n) is 2.51. The van der Waals surface area contributed by atoms with Gasteiger partial charge in [0, 0.05) is 11.7 Å². The molecule has 2 N–H and O–H groups in total. The standard InChI is InChI=1S/C14H22N2O2S/c1-15-19(17,18)14-10-8-13(9-11-14)16-12-6-4-2-3-5-7-12/h8-12,15-16H,2-7H2,1H3. The smallest absolute Gasteiger partial charge is 0.240 e. The van der Waals surface area contributed by atoms with Gasteiger partial charge >= 0.3 is 0 Å². The molecule has 0 amide bonds. The zero-order valence-electron chi connectivity index (χ0n) is 11.4. The Hall–Kier alpha value is -1.07. The number of rotatable bonds is 4. The molecule has 0 radical (unpaired) electrons. The summed E-state index contributed by atoms with van der Waals surface area (Å²) in [6.07, 6.45) is 7.63. The lowest BCUT2D eigenvalue weighted by atomic mass is 10.1. The van der Waals surface area contributed by atoms with Crippen LogP contribution in [-0.2, 0) is 10.0 Å². The molecule has 0 spiro atoms. The Morgan fingerprint density at radius 1 is 1.00 bits per heavy atom. The summed E-state index contributed by atoms with van der Waals surface area (Å²) in [7, 11) is -1.91. The van der Waals surface area contributed by atoms with Crippen molar-refractivity contribution >= 4 is 15.7 Å². The average molecular weight is 282 g/mol. The predicted octanol–water partition coefficient (Wildman–Crippen LogP) is 2.73. The summed E-state index contributed by atoms with van der Waals surface area (Å²) in [4.78, 5) is 0.307. The minimum absolute atomic E-state index is 0.307. The van der Waals surface area contributed by atoms with E-state index in [9.17, 15) is 8.42 Å². The van der Waals surface area contributed by atoms with Gasteiger partial charge in [0.25, 0.3) is 0 Å². The molecule has 0 aromatic heterocycles. The lowest BCUT2D eigenvalue weighted by Crippen LogP contribution is -2.19. The maximum atomic E-state index is 11.6. The quantitative estimate of drug-likeness (QED) is 0.835. The van der Waals surface area contributed by atoms with E-state index in [1.807, 2.05) is 12.1 Å². The van der Waals surface area contributed by atoms with Crippen molar-refractivity contribution in [2.45, 2.75) is 49.5 Å². The van der Waals surface area contributed by atoms with E-state index in [0.29, 0.717) is 10.9 Å². The minimum Gasteiger partial charge on any atom is -0.382 e. The van der Waals surface area contributed by atoms with Crippen molar-refractivity contribution in [3.05, 3.63) is 24.3 Å². The van der Waals surface area contributed by atoms with Crippen molar-refractivity contribution in [2.24, 2.45) is 0 Å². The van der Waals surface area contributed by atoms with E-state index in [1.54, 1.807) is 12.1 Å². The molecule has 0 saturated heterocycles. The van der Waals surface area contributed by atoms with E-state index < -0.39 is 10.0 Å². The molecule has 1 aliphatic rings.